The first-order chi connectivity index (χ1) is 12.6. The molecule has 1 amide bonds. The molecule has 1 N–H and O–H groups in total. The average molecular weight is 371 g/mol. The van der Waals surface area contributed by atoms with Gasteiger partial charge in [-0.2, -0.15) is 11.8 Å². The minimum Gasteiger partial charge on any atom is -0.496 e. The lowest BCUT2D eigenvalue weighted by Gasteiger charge is -2.26. The smallest absolute Gasteiger partial charge is 0.228 e. The van der Waals surface area contributed by atoms with E-state index < -0.39 is 0 Å². The zero-order chi connectivity index (χ0) is 18.4. The van der Waals surface area contributed by atoms with Gasteiger partial charge < -0.3 is 10.1 Å². The summed E-state index contributed by atoms with van der Waals surface area (Å²) in [5.74, 6) is 3.21. The predicted octanol–water partition coefficient (Wildman–Crippen LogP) is 3.73. The van der Waals surface area contributed by atoms with Gasteiger partial charge in [0.2, 0.25) is 5.91 Å². The molecule has 1 heterocycles. The van der Waals surface area contributed by atoms with Gasteiger partial charge in [-0.1, -0.05) is 24.3 Å². The summed E-state index contributed by atoms with van der Waals surface area (Å²) in [7, 11) is 1.65. The highest BCUT2D eigenvalue weighted by Crippen LogP contribution is 2.20. The number of amides is 1. The van der Waals surface area contributed by atoms with Crippen molar-refractivity contribution in [1.82, 2.24) is 4.90 Å². The molecule has 0 aromatic heterocycles. The number of hydrogen-bond acceptors (Lipinski definition) is 4. The van der Waals surface area contributed by atoms with E-state index >= 15 is 0 Å². The third kappa shape index (κ3) is 5.26. The molecule has 0 atom stereocenters. The molecule has 26 heavy (non-hydrogen) atoms. The Labute approximate surface area is 159 Å². The molecule has 0 aliphatic carbocycles. The van der Waals surface area contributed by atoms with E-state index in [0.29, 0.717) is 6.42 Å². The van der Waals surface area contributed by atoms with Crippen molar-refractivity contribution < 1.29 is 9.53 Å². The van der Waals surface area contributed by atoms with Crippen LogP contribution in [-0.2, 0) is 17.8 Å². The summed E-state index contributed by atoms with van der Waals surface area (Å²) in [6, 6.07) is 14.1. The first kappa shape index (κ1) is 18.8. The third-order valence-electron chi connectivity index (χ3n) is 4.56. The summed E-state index contributed by atoms with van der Waals surface area (Å²) in [5.41, 5.74) is 4.12. The topological polar surface area (TPSA) is 41.6 Å². The molecule has 0 radical (unpaired) electrons. The average Bonchev–Trinajstić information content (AvgIpc) is 2.64. The van der Waals surface area contributed by atoms with E-state index in [1.165, 1.54) is 17.1 Å². The van der Waals surface area contributed by atoms with Crippen molar-refractivity contribution in [2.24, 2.45) is 0 Å². The molecule has 0 saturated carbocycles. The molecule has 2 aromatic carbocycles. The lowest BCUT2D eigenvalue weighted by atomic mass is 10.1. The van der Waals surface area contributed by atoms with Crippen molar-refractivity contribution >= 4 is 23.4 Å². The van der Waals surface area contributed by atoms with Crippen LogP contribution in [-0.4, -0.2) is 42.5 Å². The molecular weight excluding hydrogens is 344 g/mol. The Morgan fingerprint density at radius 2 is 1.96 bits per heavy atom. The summed E-state index contributed by atoms with van der Waals surface area (Å²) in [6.07, 6.45) is 0.338. The molecular formula is C21H26N2O2S. The van der Waals surface area contributed by atoms with Gasteiger partial charge in [0.05, 0.1) is 13.5 Å². The van der Waals surface area contributed by atoms with Crippen molar-refractivity contribution in [2.75, 3.05) is 37.0 Å². The maximum Gasteiger partial charge on any atom is 0.228 e. The van der Waals surface area contributed by atoms with Crippen LogP contribution in [0.2, 0.25) is 0 Å². The van der Waals surface area contributed by atoms with Crippen molar-refractivity contribution in [1.29, 1.82) is 0 Å². The Kier molecular flexibility index (Phi) is 6.58. The minimum atomic E-state index is -0.0116. The maximum atomic E-state index is 12.4. The van der Waals surface area contributed by atoms with Gasteiger partial charge in [0.25, 0.3) is 0 Å². The van der Waals surface area contributed by atoms with Crippen LogP contribution in [0.25, 0.3) is 0 Å². The fourth-order valence-corrected chi connectivity index (χ4v) is 4.11. The lowest BCUT2D eigenvalue weighted by molar-refractivity contribution is -0.115. The second-order valence-electron chi connectivity index (χ2n) is 6.62. The molecule has 2 aromatic rings. The van der Waals surface area contributed by atoms with E-state index in [1.807, 2.05) is 49.0 Å². The van der Waals surface area contributed by atoms with Gasteiger partial charge in [-0.3, -0.25) is 9.69 Å². The Hall–Kier alpha value is -1.98. The van der Waals surface area contributed by atoms with Crippen LogP contribution in [0.3, 0.4) is 0 Å². The fraction of sp³-hybridized carbons (Fsp3) is 0.381. The molecule has 3 rings (SSSR count). The van der Waals surface area contributed by atoms with Crippen LogP contribution in [0.4, 0.5) is 5.69 Å². The molecule has 0 spiro atoms. The second kappa shape index (κ2) is 9.10. The summed E-state index contributed by atoms with van der Waals surface area (Å²) in [6.45, 7) is 5.21. The van der Waals surface area contributed by atoms with Crippen molar-refractivity contribution in [3.63, 3.8) is 0 Å². The number of ether oxygens (including phenoxy) is 1. The highest BCUT2D eigenvalue weighted by molar-refractivity contribution is 7.99. The zero-order valence-corrected chi connectivity index (χ0v) is 16.3. The number of hydrogen-bond donors (Lipinski definition) is 1. The standard InChI is InChI=1S/C21H26N2O2S/c1-16-6-7-17(13-20(16)25-2)14-21(24)22-19-5-3-4-18(12-19)15-23-8-10-26-11-9-23/h3-7,12-13H,8-11,14-15H2,1-2H3,(H,22,24). The van der Waals surface area contributed by atoms with E-state index in [0.717, 1.165) is 42.2 Å². The number of nitrogens with zero attached hydrogens (tertiary/aromatic N) is 1. The largest absolute Gasteiger partial charge is 0.496 e. The van der Waals surface area contributed by atoms with Crippen LogP contribution < -0.4 is 10.1 Å². The van der Waals surface area contributed by atoms with E-state index in [9.17, 15) is 4.79 Å². The fourth-order valence-electron chi connectivity index (χ4n) is 3.13. The second-order valence-corrected chi connectivity index (χ2v) is 7.84. The van der Waals surface area contributed by atoms with Gasteiger partial charge in [0.15, 0.2) is 0 Å². The molecule has 1 fully saturated rings. The summed E-state index contributed by atoms with van der Waals surface area (Å²) >= 11 is 2.02. The molecule has 5 heteroatoms. The first-order valence-corrected chi connectivity index (χ1v) is 10.1. The van der Waals surface area contributed by atoms with E-state index in [2.05, 4.69) is 22.3 Å². The SMILES string of the molecule is COc1cc(CC(=O)Nc2cccc(CN3CCSCC3)c2)ccc1C. The van der Waals surface area contributed by atoms with Crippen molar-refractivity contribution in [3.05, 3.63) is 59.2 Å². The van der Waals surface area contributed by atoms with Crippen LogP contribution >= 0.6 is 11.8 Å². The molecule has 1 aliphatic rings. The Balaban J connectivity index is 1.59. The minimum absolute atomic E-state index is 0.0116. The zero-order valence-electron chi connectivity index (χ0n) is 15.5. The van der Waals surface area contributed by atoms with E-state index in [4.69, 9.17) is 4.74 Å². The Morgan fingerprint density at radius 3 is 2.73 bits per heavy atom. The predicted molar refractivity (Wildman–Crippen MR) is 109 cm³/mol. The van der Waals surface area contributed by atoms with Crippen LogP contribution in [0.15, 0.2) is 42.5 Å². The van der Waals surface area contributed by atoms with Crippen LogP contribution in [0, 0.1) is 6.92 Å². The number of benzene rings is 2. The van der Waals surface area contributed by atoms with Gasteiger partial charge in [-0.05, 0) is 41.8 Å². The van der Waals surface area contributed by atoms with Gasteiger partial charge in [-0.25, -0.2) is 0 Å². The number of rotatable bonds is 6. The van der Waals surface area contributed by atoms with Gasteiger partial charge in [0.1, 0.15) is 5.75 Å². The summed E-state index contributed by atoms with van der Waals surface area (Å²) in [4.78, 5) is 14.9. The first-order valence-electron chi connectivity index (χ1n) is 8.96. The normalized spacial score (nSPS) is 14.8. The number of methoxy groups -OCH3 is 1. The number of nitrogens with one attached hydrogen (secondary N) is 1. The number of carbonyl (C=O) groups is 1. The molecule has 1 saturated heterocycles. The quantitative estimate of drug-likeness (QED) is 0.841. The maximum absolute atomic E-state index is 12.4. The third-order valence-corrected chi connectivity index (χ3v) is 5.50. The number of thioether (sulfide) groups is 1. The highest BCUT2D eigenvalue weighted by atomic mass is 32.2. The highest BCUT2D eigenvalue weighted by Gasteiger charge is 2.11. The van der Waals surface area contributed by atoms with Gasteiger partial charge >= 0.3 is 0 Å². The lowest BCUT2D eigenvalue weighted by Crippen LogP contribution is -2.31. The van der Waals surface area contributed by atoms with Gasteiger partial charge in [0, 0.05) is 36.8 Å². The monoisotopic (exact) mass is 370 g/mol. The van der Waals surface area contributed by atoms with Crippen LogP contribution in [0.5, 0.6) is 5.75 Å². The molecule has 138 valence electrons. The van der Waals surface area contributed by atoms with E-state index in [-0.39, 0.29) is 5.91 Å². The van der Waals surface area contributed by atoms with Crippen molar-refractivity contribution in [2.45, 2.75) is 19.9 Å². The van der Waals surface area contributed by atoms with Gasteiger partial charge in [-0.15, -0.1) is 0 Å². The Bertz CT molecular complexity index is 757. The summed E-state index contributed by atoms with van der Waals surface area (Å²) < 4.78 is 5.34. The molecule has 1 aliphatic heterocycles. The Morgan fingerprint density at radius 1 is 1.15 bits per heavy atom. The van der Waals surface area contributed by atoms with Crippen LogP contribution in [0.1, 0.15) is 16.7 Å². The molecule has 4 nitrogen and oxygen atoms in total. The van der Waals surface area contributed by atoms with E-state index in [1.54, 1.807) is 7.11 Å². The molecule has 0 bridgehead atoms. The summed E-state index contributed by atoms with van der Waals surface area (Å²) in [5, 5.41) is 3.02. The number of carbonyl (C=O) groups excluding carboxylic acids is 1. The number of anilines is 1. The van der Waals surface area contributed by atoms with Crippen molar-refractivity contribution in [3.8, 4) is 5.75 Å². The number of aryl methyl sites for hydroxylation is 1. The molecule has 0 unspecified atom stereocenters.